The Hall–Kier alpha value is -1.10. The molecule has 0 saturated carbocycles. The number of hydrogen-bond donors (Lipinski definition) is 2. The molecule has 0 aliphatic carbocycles. The lowest BCUT2D eigenvalue weighted by atomic mass is 10.0. The molecule has 5 nitrogen and oxygen atoms in total. The van der Waals surface area contributed by atoms with E-state index in [9.17, 15) is 9.59 Å². The van der Waals surface area contributed by atoms with Gasteiger partial charge in [0, 0.05) is 0 Å². The zero-order chi connectivity index (χ0) is 11.0. The molecule has 0 aromatic carbocycles. The normalized spacial score (nSPS) is 12.1. The first kappa shape index (κ1) is 12.9. The van der Waals surface area contributed by atoms with Crippen LogP contribution in [-0.2, 0) is 14.3 Å². The summed E-state index contributed by atoms with van der Waals surface area (Å²) in [4.78, 5) is 21.8. The fourth-order valence-electron chi connectivity index (χ4n) is 0.997. The highest BCUT2D eigenvalue weighted by Crippen LogP contribution is 2.10. The summed E-state index contributed by atoms with van der Waals surface area (Å²) in [6.07, 6.45) is 1.79. The Labute approximate surface area is 82.7 Å². The third-order valence-electron chi connectivity index (χ3n) is 1.76. The van der Waals surface area contributed by atoms with Gasteiger partial charge in [0.1, 0.15) is 6.61 Å². The summed E-state index contributed by atoms with van der Waals surface area (Å²) in [5.74, 6) is -3.03. The van der Waals surface area contributed by atoms with E-state index in [1.807, 2.05) is 6.92 Å². The highest BCUT2D eigenvalue weighted by Gasteiger charge is 2.26. The zero-order valence-corrected chi connectivity index (χ0v) is 8.23. The van der Waals surface area contributed by atoms with Gasteiger partial charge in [-0.25, -0.2) is 0 Å². The predicted molar refractivity (Wildman–Crippen MR) is 48.7 cm³/mol. The summed E-state index contributed by atoms with van der Waals surface area (Å²) in [6.45, 7) is 1.48. The van der Waals surface area contributed by atoms with Gasteiger partial charge in [0.25, 0.3) is 0 Å². The van der Waals surface area contributed by atoms with E-state index in [0.717, 1.165) is 6.42 Å². The molecule has 0 heterocycles. The van der Waals surface area contributed by atoms with Crippen molar-refractivity contribution in [3.8, 4) is 0 Å². The van der Waals surface area contributed by atoms with E-state index in [0.29, 0.717) is 6.42 Å². The van der Waals surface area contributed by atoms with Gasteiger partial charge in [0.05, 0.1) is 6.61 Å². The molecule has 0 rings (SSSR count). The first-order valence-corrected chi connectivity index (χ1v) is 4.63. The van der Waals surface area contributed by atoms with Crippen molar-refractivity contribution in [2.24, 2.45) is 5.92 Å². The Balaban J connectivity index is 4.05. The van der Waals surface area contributed by atoms with Crippen molar-refractivity contribution < 1.29 is 24.5 Å². The average Bonchev–Trinajstić information content (AvgIpc) is 2.14. The average molecular weight is 204 g/mol. The van der Waals surface area contributed by atoms with E-state index in [-0.39, 0.29) is 19.6 Å². The molecule has 0 saturated heterocycles. The predicted octanol–water partition coefficient (Wildman–Crippen LogP) is 0.413. The minimum absolute atomic E-state index is 0.144. The van der Waals surface area contributed by atoms with Crippen molar-refractivity contribution in [1.82, 2.24) is 0 Å². The van der Waals surface area contributed by atoms with Crippen LogP contribution in [0.2, 0.25) is 0 Å². The van der Waals surface area contributed by atoms with Crippen LogP contribution in [0.1, 0.15) is 26.2 Å². The molecule has 0 aliphatic heterocycles. The Morgan fingerprint density at radius 3 is 2.50 bits per heavy atom. The van der Waals surface area contributed by atoms with Gasteiger partial charge in [-0.3, -0.25) is 9.59 Å². The summed E-state index contributed by atoms with van der Waals surface area (Å²) in [5, 5.41) is 17.1. The van der Waals surface area contributed by atoms with Gasteiger partial charge in [-0.15, -0.1) is 0 Å². The third-order valence-corrected chi connectivity index (χ3v) is 1.76. The van der Waals surface area contributed by atoms with Crippen molar-refractivity contribution in [3.63, 3.8) is 0 Å². The summed E-state index contributed by atoms with van der Waals surface area (Å²) < 4.78 is 4.54. The number of aliphatic carboxylic acids is 1. The smallest absolute Gasteiger partial charge is 0.320 e. The van der Waals surface area contributed by atoms with Crippen LogP contribution in [0.25, 0.3) is 0 Å². The second kappa shape index (κ2) is 7.32. The number of esters is 1. The topological polar surface area (TPSA) is 83.8 Å². The van der Waals surface area contributed by atoms with Crippen LogP contribution in [0.5, 0.6) is 0 Å². The number of unbranched alkanes of at least 4 members (excludes halogenated alkanes) is 1. The van der Waals surface area contributed by atoms with E-state index >= 15 is 0 Å². The van der Waals surface area contributed by atoms with Crippen LogP contribution in [0.4, 0.5) is 0 Å². The van der Waals surface area contributed by atoms with Crippen LogP contribution in [-0.4, -0.2) is 35.4 Å². The highest BCUT2D eigenvalue weighted by molar-refractivity contribution is 5.93. The number of carboxylic acid groups (broad SMARTS) is 1. The van der Waals surface area contributed by atoms with Crippen LogP contribution >= 0.6 is 0 Å². The third kappa shape index (κ3) is 4.81. The van der Waals surface area contributed by atoms with Gasteiger partial charge < -0.3 is 14.9 Å². The fourth-order valence-corrected chi connectivity index (χ4v) is 0.997. The van der Waals surface area contributed by atoms with E-state index in [4.69, 9.17) is 10.2 Å². The number of hydrogen-bond acceptors (Lipinski definition) is 4. The monoisotopic (exact) mass is 204 g/mol. The number of rotatable bonds is 7. The largest absolute Gasteiger partial charge is 0.481 e. The maximum Gasteiger partial charge on any atom is 0.320 e. The maximum absolute atomic E-state index is 11.1. The Bertz CT molecular complexity index is 190. The number of carbonyl (C=O) groups excluding carboxylic acids is 1. The molecule has 0 fully saturated rings. The second-order valence-electron chi connectivity index (χ2n) is 2.92. The summed E-state index contributed by atoms with van der Waals surface area (Å²) in [7, 11) is 0. The number of carbonyl (C=O) groups is 2. The molecular weight excluding hydrogens is 188 g/mol. The van der Waals surface area contributed by atoms with Gasteiger partial charge in [0.2, 0.25) is 0 Å². The minimum atomic E-state index is -1.17. The molecule has 2 N–H and O–H groups in total. The van der Waals surface area contributed by atoms with Crippen LogP contribution in [0.3, 0.4) is 0 Å². The van der Waals surface area contributed by atoms with Gasteiger partial charge in [-0.1, -0.05) is 19.8 Å². The minimum Gasteiger partial charge on any atom is -0.481 e. The number of carboxylic acids is 1. The van der Waals surface area contributed by atoms with E-state index in [1.165, 1.54) is 0 Å². The zero-order valence-electron chi connectivity index (χ0n) is 8.23. The Morgan fingerprint density at radius 1 is 1.43 bits per heavy atom. The summed E-state index contributed by atoms with van der Waals surface area (Å²) in [6, 6.07) is 0. The van der Waals surface area contributed by atoms with Crippen LogP contribution in [0, 0.1) is 5.92 Å². The fraction of sp³-hybridized carbons (Fsp3) is 0.778. The molecule has 0 aromatic rings. The second-order valence-corrected chi connectivity index (χ2v) is 2.92. The lowest BCUT2D eigenvalue weighted by molar-refractivity contribution is -0.159. The molecule has 0 amide bonds. The molecular formula is C9H16O5. The first-order chi connectivity index (χ1) is 6.63. The van der Waals surface area contributed by atoms with E-state index in [2.05, 4.69) is 4.74 Å². The molecule has 82 valence electrons. The van der Waals surface area contributed by atoms with Gasteiger partial charge in [-0.05, 0) is 6.42 Å². The van der Waals surface area contributed by atoms with Crippen molar-refractivity contribution in [2.45, 2.75) is 26.2 Å². The lowest BCUT2D eigenvalue weighted by Crippen LogP contribution is -2.26. The maximum atomic E-state index is 11.1. The first-order valence-electron chi connectivity index (χ1n) is 4.63. The van der Waals surface area contributed by atoms with Crippen molar-refractivity contribution >= 4 is 11.9 Å². The van der Waals surface area contributed by atoms with Crippen LogP contribution in [0.15, 0.2) is 0 Å². The molecule has 0 aromatic heterocycles. The van der Waals surface area contributed by atoms with E-state index in [1.54, 1.807) is 0 Å². The number of aliphatic hydroxyl groups is 1. The molecule has 1 unspecified atom stereocenters. The summed E-state index contributed by atoms with van der Waals surface area (Å²) in [5.41, 5.74) is 0. The lowest BCUT2D eigenvalue weighted by Gasteiger charge is -2.10. The van der Waals surface area contributed by atoms with Crippen LogP contribution < -0.4 is 0 Å². The van der Waals surface area contributed by atoms with E-state index < -0.39 is 17.9 Å². The molecule has 1 atom stereocenters. The Morgan fingerprint density at radius 2 is 2.07 bits per heavy atom. The quantitative estimate of drug-likeness (QED) is 0.463. The SMILES string of the molecule is CCCCC(C(=O)O)C(=O)OCCO. The van der Waals surface area contributed by atoms with Gasteiger partial charge in [0.15, 0.2) is 5.92 Å². The molecule has 0 spiro atoms. The van der Waals surface area contributed by atoms with Crippen molar-refractivity contribution in [3.05, 3.63) is 0 Å². The Kier molecular flexibility index (Phi) is 6.74. The number of ether oxygens (including phenoxy) is 1. The number of aliphatic hydroxyl groups excluding tert-OH is 1. The molecule has 14 heavy (non-hydrogen) atoms. The molecule has 5 heteroatoms. The molecule has 0 aliphatic rings. The van der Waals surface area contributed by atoms with Gasteiger partial charge in [-0.2, -0.15) is 0 Å². The van der Waals surface area contributed by atoms with Gasteiger partial charge >= 0.3 is 11.9 Å². The standard InChI is InChI=1S/C9H16O5/c1-2-3-4-7(8(11)12)9(13)14-6-5-10/h7,10H,2-6H2,1H3,(H,11,12). The molecule has 0 radical (unpaired) electrons. The van der Waals surface area contributed by atoms with Crippen molar-refractivity contribution in [2.75, 3.05) is 13.2 Å². The summed E-state index contributed by atoms with van der Waals surface area (Å²) >= 11 is 0. The van der Waals surface area contributed by atoms with Crippen molar-refractivity contribution in [1.29, 1.82) is 0 Å². The highest BCUT2D eigenvalue weighted by atomic mass is 16.5. The molecule has 0 bridgehead atoms.